The quantitative estimate of drug-likeness (QED) is 0.437. The Morgan fingerprint density at radius 1 is 1.12 bits per heavy atom. The zero-order valence-corrected chi connectivity index (χ0v) is 23.6. The lowest BCUT2D eigenvalue weighted by molar-refractivity contribution is 0.0527. The Kier molecular flexibility index (Phi) is 7.26. The largest absolute Gasteiger partial charge is 0.489 e. The van der Waals surface area contributed by atoms with Crippen LogP contribution in [0.3, 0.4) is 0 Å². The molecule has 4 heterocycles. The Labute approximate surface area is 234 Å². The number of piperidine rings is 1. The number of morpholine rings is 1. The summed E-state index contributed by atoms with van der Waals surface area (Å²) in [5, 5.41) is 12.2. The molecule has 216 valence electrons. The number of pyridine rings is 1. The molecule has 3 N–H and O–H groups in total. The zero-order chi connectivity index (χ0) is 27.9. The van der Waals surface area contributed by atoms with Gasteiger partial charge in [0.05, 0.1) is 48.7 Å². The molecule has 1 spiro atoms. The van der Waals surface area contributed by atoms with E-state index in [2.05, 4.69) is 19.8 Å². The average Bonchev–Trinajstić information content (AvgIpc) is 3.50. The smallest absolute Gasteiger partial charge is 0.274 e. The van der Waals surface area contributed by atoms with Crippen LogP contribution in [0.2, 0.25) is 0 Å². The average molecular weight is 572 g/mol. The van der Waals surface area contributed by atoms with Gasteiger partial charge in [-0.25, -0.2) is 13.4 Å². The number of aliphatic hydroxyl groups is 1. The minimum absolute atomic E-state index is 0.0558. The molecule has 0 radical (unpaired) electrons. The topological polar surface area (TPSA) is 133 Å². The first kappa shape index (κ1) is 27.1. The first-order valence-corrected chi connectivity index (χ1v) is 15.7. The molecule has 0 bridgehead atoms. The molecule has 6 rings (SSSR count). The third-order valence-electron chi connectivity index (χ3n) is 8.42. The van der Waals surface area contributed by atoms with Crippen LogP contribution in [0.1, 0.15) is 48.7 Å². The van der Waals surface area contributed by atoms with Gasteiger partial charge < -0.3 is 29.7 Å². The summed E-state index contributed by atoms with van der Waals surface area (Å²) >= 11 is 0. The minimum Gasteiger partial charge on any atom is -0.489 e. The second-order valence-corrected chi connectivity index (χ2v) is 13.2. The molecular weight excluding hydrogens is 534 g/mol. The van der Waals surface area contributed by atoms with Crippen LogP contribution >= 0.6 is 0 Å². The number of amides is 1. The summed E-state index contributed by atoms with van der Waals surface area (Å²) in [7, 11) is -3.69. The van der Waals surface area contributed by atoms with Crippen molar-refractivity contribution in [1.82, 2.24) is 4.98 Å². The van der Waals surface area contributed by atoms with Crippen LogP contribution in [0.25, 0.3) is 0 Å². The van der Waals surface area contributed by atoms with Crippen LogP contribution in [0.15, 0.2) is 24.3 Å². The fraction of sp³-hybridized carbons (Fsp3) is 0.571. The number of aliphatic hydroxyl groups excluding tert-OH is 1. The van der Waals surface area contributed by atoms with Crippen LogP contribution < -0.4 is 24.6 Å². The number of sulfonamides is 1. The fourth-order valence-electron chi connectivity index (χ4n) is 5.92. The van der Waals surface area contributed by atoms with Gasteiger partial charge in [0.2, 0.25) is 10.0 Å². The van der Waals surface area contributed by atoms with Crippen LogP contribution in [-0.2, 0) is 21.2 Å². The van der Waals surface area contributed by atoms with Crippen molar-refractivity contribution in [3.05, 3.63) is 35.5 Å². The van der Waals surface area contributed by atoms with E-state index in [4.69, 9.17) is 19.6 Å². The lowest BCUT2D eigenvalue weighted by atomic mass is 9.93. The second kappa shape index (κ2) is 10.7. The Morgan fingerprint density at radius 3 is 2.65 bits per heavy atom. The Balaban J connectivity index is 1.28. The van der Waals surface area contributed by atoms with Crippen molar-refractivity contribution >= 4 is 38.8 Å². The van der Waals surface area contributed by atoms with Gasteiger partial charge in [-0.05, 0) is 62.3 Å². The third kappa shape index (κ3) is 5.70. The van der Waals surface area contributed by atoms with E-state index in [-0.39, 0.29) is 17.8 Å². The zero-order valence-electron chi connectivity index (χ0n) is 22.8. The normalized spacial score (nSPS) is 21.6. The van der Waals surface area contributed by atoms with E-state index in [1.54, 1.807) is 24.3 Å². The molecule has 2 aromatic rings. The molecule has 12 heteroatoms. The van der Waals surface area contributed by atoms with E-state index in [0.29, 0.717) is 61.0 Å². The summed E-state index contributed by atoms with van der Waals surface area (Å²) in [6.45, 7) is 5.72. The Bertz CT molecular complexity index is 1390. The summed E-state index contributed by atoms with van der Waals surface area (Å²) < 4.78 is 38.8. The first-order valence-electron chi connectivity index (χ1n) is 14.1. The van der Waals surface area contributed by atoms with Crippen molar-refractivity contribution in [2.24, 2.45) is 5.41 Å². The van der Waals surface area contributed by atoms with Crippen molar-refractivity contribution < 1.29 is 27.8 Å². The summed E-state index contributed by atoms with van der Waals surface area (Å²) in [4.78, 5) is 22.7. The van der Waals surface area contributed by atoms with Crippen molar-refractivity contribution in [3.63, 3.8) is 0 Å². The molecule has 1 amide bonds. The number of nitrogens with zero attached hydrogens (tertiary/aromatic N) is 3. The monoisotopic (exact) mass is 571 g/mol. The number of benzene rings is 1. The van der Waals surface area contributed by atoms with Crippen molar-refractivity contribution in [1.29, 1.82) is 0 Å². The molecule has 1 aromatic carbocycles. The van der Waals surface area contributed by atoms with E-state index < -0.39 is 16.6 Å². The van der Waals surface area contributed by atoms with Crippen LogP contribution in [0, 0.1) is 5.41 Å². The number of aromatic nitrogens is 1. The molecule has 1 atom stereocenters. The fourth-order valence-corrected chi connectivity index (χ4v) is 6.75. The van der Waals surface area contributed by atoms with E-state index >= 15 is 0 Å². The Morgan fingerprint density at radius 2 is 1.93 bits per heavy atom. The van der Waals surface area contributed by atoms with Gasteiger partial charge in [0.1, 0.15) is 5.69 Å². The maximum Gasteiger partial charge on any atom is 0.274 e. The highest BCUT2D eigenvalue weighted by Crippen LogP contribution is 2.54. The highest BCUT2D eigenvalue weighted by molar-refractivity contribution is 7.92. The first-order chi connectivity index (χ1) is 19.2. The maximum absolute atomic E-state index is 13.6. The van der Waals surface area contributed by atoms with E-state index in [9.17, 15) is 13.2 Å². The number of anilines is 4. The molecule has 1 aromatic heterocycles. The van der Waals surface area contributed by atoms with E-state index in [1.165, 1.54) is 12.8 Å². The predicted molar refractivity (Wildman–Crippen MR) is 153 cm³/mol. The molecule has 1 saturated carbocycles. The van der Waals surface area contributed by atoms with Gasteiger partial charge in [0.25, 0.3) is 5.91 Å². The summed E-state index contributed by atoms with van der Waals surface area (Å²) in [5.74, 6) is 0.705. The van der Waals surface area contributed by atoms with Crippen LogP contribution in [0.4, 0.5) is 22.9 Å². The van der Waals surface area contributed by atoms with Crippen molar-refractivity contribution in [2.45, 2.75) is 45.1 Å². The summed E-state index contributed by atoms with van der Waals surface area (Å²) in [6, 6.07) is 6.93. The molecule has 1 aliphatic carbocycles. The molecule has 3 fully saturated rings. The van der Waals surface area contributed by atoms with E-state index in [1.807, 2.05) is 6.92 Å². The number of carbonyl (C=O) groups excluding carboxylic acids is 1. The predicted octanol–water partition coefficient (Wildman–Crippen LogP) is 2.61. The maximum atomic E-state index is 13.6. The van der Waals surface area contributed by atoms with Gasteiger partial charge in [-0.3, -0.25) is 9.52 Å². The van der Waals surface area contributed by atoms with E-state index in [0.717, 1.165) is 42.9 Å². The van der Waals surface area contributed by atoms with Gasteiger partial charge in [-0.2, -0.15) is 0 Å². The van der Waals surface area contributed by atoms with Gasteiger partial charge in [0, 0.05) is 38.2 Å². The van der Waals surface area contributed by atoms with Crippen molar-refractivity contribution in [2.75, 3.05) is 71.6 Å². The second-order valence-electron chi connectivity index (χ2n) is 11.4. The summed E-state index contributed by atoms with van der Waals surface area (Å²) in [5.41, 5.74) is 3.50. The van der Waals surface area contributed by atoms with Gasteiger partial charge in [-0.15, -0.1) is 0 Å². The van der Waals surface area contributed by atoms with Gasteiger partial charge in [0.15, 0.2) is 11.6 Å². The number of fused-ring (bicyclic) bond motifs is 1. The molecule has 4 aliphatic rings. The van der Waals surface area contributed by atoms with Crippen LogP contribution in [0.5, 0.6) is 5.75 Å². The molecule has 11 nitrogen and oxygen atoms in total. The van der Waals surface area contributed by atoms with Gasteiger partial charge >= 0.3 is 0 Å². The number of hydrogen-bond acceptors (Lipinski definition) is 9. The minimum atomic E-state index is -3.69. The standard InChI is InChI=1S/C28H37N5O6S/c1-19-18-33(11-14-38-19)26-25-20(4-13-39-25)16-23(29-26)27(35)30-22-3-2-21(31-40(36,37)15-12-34)17-24(22)32-9-7-28(5-6-28)8-10-32/h2-3,16-17,19,31,34H,4-15,18H2,1H3,(H,30,35)/t19-/m0/s1. The van der Waals surface area contributed by atoms with Gasteiger partial charge in [-0.1, -0.05) is 0 Å². The lowest BCUT2D eigenvalue weighted by Crippen LogP contribution is -2.41. The van der Waals surface area contributed by atoms with Crippen LogP contribution in [-0.4, -0.2) is 82.3 Å². The highest BCUT2D eigenvalue weighted by Gasteiger charge is 2.44. The highest BCUT2D eigenvalue weighted by atomic mass is 32.2. The molecular formula is C28H37N5O6S. The number of hydrogen-bond donors (Lipinski definition) is 3. The lowest BCUT2D eigenvalue weighted by Gasteiger charge is -2.35. The Hall–Kier alpha value is -3.09. The number of carbonyl (C=O) groups is 1. The number of rotatable bonds is 8. The third-order valence-corrected chi connectivity index (χ3v) is 9.69. The van der Waals surface area contributed by atoms with Crippen molar-refractivity contribution in [3.8, 4) is 5.75 Å². The summed E-state index contributed by atoms with van der Waals surface area (Å²) in [6.07, 6.45) is 5.46. The SMILES string of the molecule is C[C@H]1CN(c2nc(C(=O)Nc3ccc(NS(=O)(=O)CCO)cc3N3CCC4(CC3)CC4)cc3c2OCC3)CCO1. The molecule has 0 unspecified atom stereocenters. The molecule has 40 heavy (non-hydrogen) atoms. The number of ether oxygens (including phenoxy) is 2. The molecule has 2 saturated heterocycles. The number of nitrogens with one attached hydrogen (secondary N) is 2. The molecule has 3 aliphatic heterocycles.